The Bertz CT molecular complexity index is 355. The molecule has 1 rings (SSSR count). The Labute approximate surface area is 108 Å². The number of aromatic nitrogens is 2. The largest absolute Gasteiger partial charge is 0.464 e. The lowest BCUT2D eigenvalue weighted by molar-refractivity contribution is -0.146. The second kappa shape index (κ2) is 6.54. The van der Waals surface area contributed by atoms with Gasteiger partial charge in [-0.25, -0.2) is 4.98 Å². The quantitative estimate of drug-likeness (QED) is 0.754. The molecule has 0 aliphatic heterocycles. The molecule has 0 saturated heterocycles. The third-order valence-corrected chi connectivity index (χ3v) is 2.71. The van der Waals surface area contributed by atoms with E-state index in [4.69, 9.17) is 4.74 Å². The highest BCUT2D eigenvalue weighted by molar-refractivity contribution is 5.76. The normalized spacial score (nSPS) is 13.3. The van der Waals surface area contributed by atoms with E-state index in [0.717, 1.165) is 12.1 Å². The highest BCUT2D eigenvalue weighted by Gasteiger charge is 2.20. The van der Waals surface area contributed by atoms with Crippen molar-refractivity contribution in [1.29, 1.82) is 0 Å². The number of imidazole rings is 1. The van der Waals surface area contributed by atoms with E-state index in [0.29, 0.717) is 13.0 Å². The molecule has 0 aliphatic rings. The molecule has 1 aromatic rings. The topological polar surface area (TPSA) is 67.0 Å². The number of hydrogen-bond acceptors (Lipinski definition) is 4. The summed E-state index contributed by atoms with van der Waals surface area (Å²) in [7, 11) is 1.76. The fourth-order valence-corrected chi connectivity index (χ4v) is 1.48. The van der Waals surface area contributed by atoms with Gasteiger partial charge in [0.2, 0.25) is 0 Å². The molecule has 5 nitrogen and oxygen atoms in total. The van der Waals surface area contributed by atoms with Crippen LogP contribution in [-0.4, -0.2) is 35.6 Å². The van der Waals surface area contributed by atoms with Crippen LogP contribution in [0.1, 0.15) is 32.9 Å². The number of ether oxygens (including phenoxy) is 1. The van der Waals surface area contributed by atoms with Crippen molar-refractivity contribution in [3.05, 3.63) is 18.2 Å². The van der Waals surface area contributed by atoms with Gasteiger partial charge in [0.25, 0.3) is 0 Å². The molecule has 0 amide bonds. The smallest absolute Gasteiger partial charge is 0.323 e. The number of aromatic amines is 1. The minimum atomic E-state index is -0.328. The Hall–Kier alpha value is -1.36. The molecule has 2 N–H and O–H groups in total. The van der Waals surface area contributed by atoms with Crippen molar-refractivity contribution in [2.75, 3.05) is 13.7 Å². The molecule has 0 spiro atoms. The summed E-state index contributed by atoms with van der Waals surface area (Å²) in [5, 5.41) is 2.97. The highest BCUT2D eigenvalue weighted by atomic mass is 16.5. The molecule has 0 saturated carbocycles. The summed E-state index contributed by atoms with van der Waals surface area (Å²) in [5.41, 5.74) is 1.10. The molecule has 102 valence electrons. The highest BCUT2D eigenvalue weighted by Crippen LogP contribution is 2.18. The first-order valence-electron chi connectivity index (χ1n) is 6.23. The van der Waals surface area contributed by atoms with Crippen LogP contribution in [-0.2, 0) is 16.0 Å². The molecule has 0 fully saturated rings. The summed E-state index contributed by atoms with van der Waals surface area (Å²) in [4.78, 5) is 18.8. The van der Waals surface area contributed by atoms with Crippen molar-refractivity contribution in [3.8, 4) is 0 Å². The van der Waals surface area contributed by atoms with Crippen LogP contribution in [0, 0.1) is 5.41 Å². The number of likely N-dealkylation sites (N-methyl/N-ethyl adjacent to an activating group) is 1. The van der Waals surface area contributed by atoms with Crippen molar-refractivity contribution in [1.82, 2.24) is 15.3 Å². The second-order valence-electron chi connectivity index (χ2n) is 5.60. The van der Waals surface area contributed by atoms with Crippen molar-refractivity contribution in [2.45, 2.75) is 39.7 Å². The van der Waals surface area contributed by atoms with Crippen LogP contribution in [0.15, 0.2) is 12.5 Å². The number of nitrogens with one attached hydrogen (secondary N) is 2. The third kappa shape index (κ3) is 5.31. The first-order chi connectivity index (χ1) is 8.42. The van der Waals surface area contributed by atoms with E-state index < -0.39 is 0 Å². The zero-order valence-electron chi connectivity index (χ0n) is 11.6. The van der Waals surface area contributed by atoms with Crippen LogP contribution in [0.2, 0.25) is 0 Å². The van der Waals surface area contributed by atoms with Gasteiger partial charge < -0.3 is 15.0 Å². The molecule has 0 bridgehead atoms. The van der Waals surface area contributed by atoms with E-state index in [1.807, 2.05) is 0 Å². The van der Waals surface area contributed by atoms with Gasteiger partial charge in [-0.2, -0.15) is 0 Å². The van der Waals surface area contributed by atoms with E-state index in [2.05, 4.69) is 36.1 Å². The van der Waals surface area contributed by atoms with Crippen LogP contribution in [0.25, 0.3) is 0 Å². The number of nitrogens with zero attached hydrogens (tertiary/aromatic N) is 1. The third-order valence-electron chi connectivity index (χ3n) is 2.71. The average molecular weight is 253 g/mol. The average Bonchev–Trinajstić information content (AvgIpc) is 2.76. The SMILES string of the molecule is CN[C@@H](Cc1cnc[nH]1)C(=O)OCCC(C)(C)C. The van der Waals surface area contributed by atoms with Gasteiger partial charge >= 0.3 is 5.97 Å². The van der Waals surface area contributed by atoms with E-state index in [-0.39, 0.29) is 17.4 Å². The van der Waals surface area contributed by atoms with Gasteiger partial charge in [0.15, 0.2) is 0 Å². The Morgan fingerprint density at radius 2 is 2.28 bits per heavy atom. The van der Waals surface area contributed by atoms with Gasteiger partial charge in [0, 0.05) is 18.3 Å². The molecule has 1 atom stereocenters. The molecule has 0 aromatic carbocycles. The van der Waals surface area contributed by atoms with Crippen LogP contribution < -0.4 is 5.32 Å². The maximum atomic E-state index is 11.9. The zero-order chi connectivity index (χ0) is 13.6. The van der Waals surface area contributed by atoms with Crippen LogP contribution in [0.5, 0.6) is 0 Å². The Morgan fingerprint density at radius 3 is 2.78 bits per heavy atom. The second-order valence-corrected chi connectivity index (χ2v) is 5.60. The molecule has 5 heteroatoms. The molecular weight excluding hydrogens is 230 g/mol. The summed E-state index contributed by atoms with van der Waals surface area (Å²) in [6.07, 6.45) is 4.74. The van der Waals surface area contributed by atoms with E-state index in [1.54, 1.807) is 19.6 Å². The van der Waals surface area contributed by atoms with Gasteiger partial charge in [-0.05, 0) is 18.9 Å². The summed E-state index contributed by atoms with van der Waals surface area (Å²) < 4.78 is 5.28. The van der Waals surface area contributed by atoms with Gasteiger partial charge in [0.1, 0.15) is 6.04 Å². The number of carbonyl (C=O) groups is 1. The molecule has 18 heavy (non-hydrogen) atoms. The Balaban J connectivity index is 2.38. The Kier molecular flexibility index (Phi) is 5.34. The van der Waals surface area contributed by atoms with E-state index in [1.165, 1.54) is 0 Å². The predicted octanol–water partition coefficient (Wildman–Crippen LogP) is 1.52. The molecule has 1 heterocycles. The van der Waals surface area contributed by atoms with Crippen LogP contribution in [0.4, 0.5) is 0 Å². The van der Waals surface area contributed by atoms with Gasteiger partial charge in [-0.15, -0.1) is 0 Å². The summed E-state index contributed by atoms with van der Waals surface area (Å²) in [6.45, 7) is 6.84. The standard InChI is InChI=1S/C13H23N3O2/c1-13(2,3)5-6-18-12(17)11(14-4)7-10-8-15-9-16-10/h8-9,11,14H,5-7H2,1-4H3,(H,15,16)/t11-/m0/s1. The van der Waals surface area contributed by atoms with Crippen molar-refractivity contribution in [3.63, 3.8) is 0 Å². The number of hydrogen-bond donors (Lipinski definition) is 2. The molecule has 0 unspecified atom stereocenters. The molecule has 0 radical (unpaired) electrons. The summed E-state index contributed by atoms with van der Waals surface area (Å²) >= 11 is 0. The number of H-pyrrole nitrogens is 1. The number of carbonyl (C=O) groups excluding carboxylic acids is 1. The molecule has 0 aliphatic carbocycles. The van der Waals surface area contributed by atoms with Crippen LogP contribution >= 0.6 is 0 Å². The van der Waals surface area contributed by atoms with Crippen molar-refractivity contribution in [2.24, 2.45) is 5.41 Å². The minimum absolute atomic E-state index is 0.179. The number of rotatable bonds is 6. The van der Waals surface area contributed by atoms with E-state index in [9.17, 15) is 4.79 Å². The van der Waals surface area contributed by atoms with E-state index >= 15 is 0 Å². The number of esters is 1. The fourth-order valence-electron chi connectivity index (χ4n) is 1.48. The first-order valence-corrected chi connectivity index (χ1v) is 6.23. The fraction of sp³-hybridized carbons (Fsp3) is 0.692. The molecule has 1 aromatic heterocycles. The first kappa shape index (κ1) is 14.7. The lowest BCUT2D eigenvalue weighted by Gasteiger charge is -2.19. The molecular formula is C13H23N3O2. The van der Waals surface area contributed by atoms with Crippen molar-refractivity contribution < 1.29 is 9.53 Å². The van der Waals surface area contributed by atoms with Gasteiger partial charge in [0.05, 0.1) is 12.9 Å². The van der Waals surface area contributed by atoms with Crippen LogP contribution in [0.3, 0.4) is 0 Å². The van der Waals surface area contributed by atoms with Gasteiger partial charge in [-0.3, -0.25) is 4.79 Å². The Morgan fingerprint density at radius 1 is 1.56 bits per heavy atom. The lowest BCUT2D eigenvalue weighted by atomic mass is 9.93. The lowest BCUT2D eigenvalue weighted by Crippen LogP contribution is -2.38. The maximum absolute atomic E-state index is 11.9. The summed E-state index contributed by atoms with van der Waals surface area (Å²) in [5.74, 6) is -0.212. The zero-order valence-corrected chi connectivity index (χ0v) is 11.6. The maximum Gasteiger partial charge on any atom is 0.323 e. The van der Waals surface area contributed by atoms with Crippen molar-refractivity contribution >= 4 is 5.97 Å². The van der Waals surface area contributed by atoms with Gasteiger partial charge in [-0.1, -0.05) is 20.8 Å². The monoisotopic (exact) mass is 253 g/mol. The minimum Gasteiger partial charge on any atom is -0.464 e. The predicted molar refractivity (Wildman–Crippen MR) is 70.2 cm³/mol. The summed E-state index contributed by atoms with van der Waals surface area (Å²) in [6, 6.07) is -0.328.